The average Bonchev–Trinajstić information content (AvgIpc) is 2.34. The predicted molar refractivity (Wildman–Crippen MR) is 71.8 cm³/mol. The van der Waals surface area contributed by atoms with Crippen molar-refractivity contribution in [1.29, 1.82) is 0 Å². The lowest BCUT2D eigenvalue weighted by molar-refractivity contribution is -0.137. The molecule has 2 N–H and O–H groups in total. The van der Waals surface area contributed by atoms with Gasteiger partial charge in [0, 0.05) is 5.69 Å². The van der Waals surface area contributed by atoms with E-state index in [1.54, 1.807) is 0 Å². The van der Waals surface area contributed by atoms with Crippen molar-refractivity contribution in [2.24, 2.45) is 0 Å². The number of rotatable bonds is 2. The third-order valence-corrected chi connectivity index (χ3v) is 2.96. The molecule has 20 heavy (non-hydrogen) atoms. The van der Waals surface area contributed by atoms with Gasteiger partial charge < -0.3 is 10.5 Å². The number of ether oxygens (including phenoxy) is 1. The number of benzene rings is 2. The Morgan fingerprint density at radius 2 is 1.60 bits per heavy atom. The largest absolute Gasteiger partial charge is 0.457 e. The van der Waals surface area contributed by atoms with Gasteiger partial charge in [0.25, 0.3) is 0 Å². The van der Waals surface area contributed by atoms with Crippen LogP contribution in [0.4, 0.5) is 18.9 Å². The maximum absolute atomic E-state index is 12.8. The van der Waals surface area contributed by atoms with Gasteiger partial charge in [0.2, 0.25) is 0 Å². The fraction of sp³-hybridized carbons (Fsp3) is 0.200. The molecule has 0 aliphatic carbocycles. The minimum Gasteiger partial charge on any atom is -0.457 e. The van der Waals surface area contributed by atoms with Crippen molar-refractivity contribution in [3.05, 3.63) is 53.1 Å². The van der Waals surface area contributed by atoms with Gasteiger partial charge in [-0.3, -0.25) is 0 Å². The van der Waals surface area contributed by atoms with E-state index in [9.17, 15) is 13.2 Å². The molecule has 5 heteroatoms. The van der Waals surface area contributed by atoms with Crippen molar-refractivity contribution in [2.45, 2.75) is 20.0 Å². The Morgan fingerprint density at radius 3 is 2.15 bits per heavy atom. The van der Waals surface area contributed by atoms with Gasteiger partial charge in [-0.05, 0) is 43.2 Å². The van der Waals surface area contributed by atoms with Gasteiger partial charge >= 0.3 is 6.18 Å². The van der Waals surface area contributed by atoms with Gasteiger partial charge in [-0.2, -0.15) is 13.2 Å². The summed E-state index contributed by atoms with van der Waals surface area (Å²) in [5.41, 5.74) is 5.87. The molecule has 0 aliphatic heterocycles. The Bertz CT molecular complexity index is 615. The molecular weight excluding hydrogens is 267 g/mol. The number of anilines is 1. The zero-order chi connectivity index (χ0) is 14.9. The van der Waals surface area contributed by atoms with Gasteiger partial charge in [-0.1, -0.05) is 18.2 Å². The fourth-order valence-electron chi connectivity index (χ4n) is 1.92. The predicted octanol–water partition coefficient (Wildman–Crippen LogP) is 4.70. The van der Waals surface area contributed by atoms with E-state index in [-0.39, 0.29) is 11.4 Å². The van der Waals surface area contributed by atoms with E-state index in [1.807, 2.05) is 32.0 Å². The van der Waals surface area contributed by atoms with Crippen LogP contribution < -0.4 is 10.5 Å². The summed E-state index contributed by atoms with van der Waals surface area (Å²) in [7, 11) is 0. The van der Waals surface area contributed by atoms with Crippen molar-refractivity contribution in [2.75, 3.05) is 5.73 Å². The highest BCUT2D eigenvalue weighted by atomic mass is 19.4. The van der Waals surface area contributed by atoms with Crippen LogP contribution in [0.5, 0.6) is 11.5 Å². The highest BCUT2D eigenvalue weighted by Crippen LogP contribution is 2.37. The minimum absolute atomic E-state index is 0.115. The summed E-state index contributed by atoms with van der Waals surface area (Å²) in [4.78, 5) is 0. The molecule has 0 saturated carbocycles. The van der Waals surface area contributed by atoms with Crippen LogP contribution in [-0.2, 0) is 6.18 Å². The average molecular weight is 281 g/mol. The Labute approximate surface area is 115 Å². The van der Waals surface area contributed by atoms with Crippen molar-refractivity contribution < 1.29 is 17.9 Å². The highest BCUT2D eigenvalue weighted by molar-refractivity contribution is 5.53. The highest BCUT2D eigenvalue weighted by Gasteiger charge is 2.33. The first-order chi connectivity index (χ1) is 9.29. The lowest BCUT2D eigenvalue weighted by atomic mass is 10.1. The maximum Gasteiger partial charge on any atom is 0.418 e. The van der Waals surface area contributed by atoms with Gasteiger partial charge in [0.15, 0.2) is 0 Å². The first-order valence-electron chi connectivity index (χ1n) is 6.00. The number of alkyl halides is 3. The van der Waals surface area contributed by atoms with Crippen LogP contribution >= 0.6 is 0 Å². The normalized spacial score (nSPS) is 11.4. The third-order valence-electron chi connectivity index (χ3n) is 2.96. The van der Waals surface area contributed by atoms with Crippen LogP contribution in [0, 0.1) is 13.8 Å². The standard InChI is InChI=1S/C15H14F3NO/c1-9-4-3-5-10(2)14(9)20-11-6-7-13(19)12(8-11)15(16,17)18/h3-8H,19H2,1-2H3. The van der Waals surface area contributed by atoms with Crippen molar-refractivity contribution in [1.82, 2.24) is 0 Å². The molecule has 0 aromatic heterocycles. The number of nitrogens with two attached hydrogens (primary N) is 1. The first kappa shape index (κ1) is 14.2. The SMILES string of the molecule is Cc1cccc(C)c1Oc1ccc(N)c(C(F)(F)F)c1. The minimum atomic E-state index is -4.50. The zero-order valence-corrected chi connectivity index (χ0v) is 11.1. The molecule has 2 rings (SSSR count). The number of aryl methyl sites for hydroxylation is 2. The number of halogens is 3. The zero-order valence-electron chi connectivity index (χ0n) is 11.1. The Morgan fingerprint density at radius 1 is 1.00 bits per heavy atom. The monoisotopic (exact) mass is 281 g/mol. The number of nitrogen functional groups attached to an aromatic ring is 1. The second kappa shape index (κ2) is 5.07. The second-order valence-corrected chi connectivity index (χ2v) is 4.57. The molecule has 0 aliphatic rings. The quantitative estimate of drug-likeness (QED) is 0.810. The molecule has 2 aromatic rings. The van der Waals surface area contributed by atoms with E-state index in [0.717, 1.165) is 17.2 Å². The molecule has 106 valence electrons. The van der Waals surface area contributed by atoms with Crippen LogP contribution in [-0.4, -0.2) is 0 Å². The van der Waals surface area contributed by atoms with E-state index >= 15 is 0 Å². The number of hydrogen-bond donors (Lipinski definition) is 1. The molecule has 2 nitrogen and oxygen atoms in total. The summed E-state index contributed by atoms with van der Waals surface area (Å²) in [6.45, 7) is 3.68. The molecule has 0 fully saturated rings. The summed E-state index contributed by atoms with van der Waals surface area (Å²) in [6.07, 6.45) is -4.50. The van der Waals surface area contributed by atoms with Gasteiger partial charge in [-0.15, -0.1) is 0 Å². The summed E-state index contributed by atoms with van der Waals surface area (Å²) in [5.74, 6) is 0.675. The molecule has 0 radical (unpaired) electrons. The van der Waals surface area contributed by atoms with Crippen LogP contribution in [0.15, 0.2) is 36.4 Å². The van der Waals surface area contributed by atoms with Crippen LogP contribution in [0.2, 0.25) is 0 Å². The van der Waals surface area contributed by atoms with Crippen molar-refractivity contribution in [3.63, 3.8) is 0 Å². The van der Waals surface area contributed by atoms with Gasteiger partial charge in [0.1, 0.15) is 11.5 Å². The van der Waals surface area contributed by atoms with E-state index in [4.69, 9.17) is 10.5 Å². The molecule has 2 aromatic carbocycles. The number of para-hydroxylation sites is 1. The lowest BCUT2D eigenvalue weighted by Gasteiger charge is -2.14. The van der Waals surface area contributed by atoms with Crippen LogP contribution in [0.1, 0.15) is 16.7 Å². The van der Waals surface area contributed by atoms with Gasteiger partial charge in [0.05, 0.1) is 5.56 Å². The molecule has 0 saturated heterocycles. The van der Waals surface area contributed by atoms with E-state index in [1.165, 1.54) is 12.1 Å². The maximum atomic E-state index is 12.8. The lowest BCUT2D eigenvalue weighted by Crippen LogP contribution is -2.09. The summed E-state index contributed by atoms with van der Waals surface area (Å²) < 4.78 is 43.9. The fourth-order valence-corrected chi connectivity index (χ4v) is 1.92. The summed E-state index contributed by atoms with van der Waals surface area (Å²) in [5, 5.41) is 0. The molecule has 0 heterocycles. The van der Waals surface area contributed by atoms with Gasteiger partial charge in [-0.25, -0.2) is 0 Å². The third kappa shape index (κ3) is 2.87. The summed E-state index contributed by atoms with van der Waals surface area (Å²) >= 11 is 0. The molecule has 0 atom stereocenters. The second-order valence-electron chi connectivity index (χ2n) is 4.57. The Balaban J connectivity index is 2.40. The van der Waals surface area contributed by atoms with E-state index in [0.29, 0.717) is 5.75 Å². The first-order valence-corrected chi connectivity index (χ1v) is 6.00. The summed E-state index contributed by atoms with van der Waals surface area (Å²) in [6, 6.07) is 9.08. The molecule has 0 bridgehead atoms. The van der Waals surface area contributed by atoms with Crippen LogP contribution in [0.3, 0.4) is 0 Å². The topological polar surface area (TPSA) is 35.2 Å². The number of hydrogen-bond acceptors (Lipinski definition) is 2. The van der Waals surface area contributed by atoms with E-state index < -0.39 is 11.7 Å². The molecule has 0 amide bonds. The van der Waals surface area contributed by atoms with E-state index in [2.05, 4.69) is 0 Å². The molecule has 0 unspecified atom stereocenters. The van der Waals surface area contributed by atoms with Crippen molar-refractivity contribution >= 4 is 5.69 Å². The van der Waals surface area contributed by atoms with Crippen LogP contribution in [0.25, 0.3) is 0 Å². The van der Waals surface area contributed by atoms with Crippen molar-refractivity contribution in [3.8, 4) is 11.5 Å². The molecule has 0 spiro atoms. The molecular formula is C15H14F3NO. The Kier molecular flexibility index (Phi) is 3.61. The smallest absolute Gasteiger partial charge is 0.418 e. The Hall–Kier alpha value is -2.17.